The number of aliphatic imine (C=N–C) groups is 1. The van der Waals surface area contributed by atoms with Crippen molar-refractivity contribution >= 4 is 28.3 Å². The summed E-state index contributed by atoms with van der Waals surface area (Å²) in [5.41, 5.74) is 1.69. The van der Waals surface area contributed by atoms with Crippen molar-refractivity contribution in [1.29, 1.82) is 0 Å². The average molecular weight is 474 g/mol. The van der Waals surface area contributed by atoms with Gasteiger partial charge in [0.15, 0.2) is 0 Å². The maximum absolute atomic E-state index is 12.8. The summed E-state index contributed by atoms with van der Waals surface area (Å²) in [6.07, 6.45) is -0.763. The number of rotatable bonds is 7. The van der Waals surface area contributed by atoms with E-state index in [2.05, 4.69) is 28.5 Å². The predicted molar refractivity (Wildman–Crippen MR) is 130 cm³/mol. The number of benzene rings is 1. The number of pyridine rings is 1. The number of likely N-dealkylation sites (tertiary alicyclic amines) is 1. The van der Waals surface area contributed by atoms with Crippen LogP contribution in [0.25, 0.3) is 10.8 Å². The molecule has 0 atom stereocenters. The van der Waals surface area contributed by atoms with E-state index in [-0.39, 0.29) is 18.4 Å². The Labute approximate surface area is 197 Å². The highest BCUT2D eigenvalue weighted by molar-refractivity contribution is 6.03. The Bertz CT molecular complexity index is 1090. The molecule has 1 fully saturated rings. The lowest BCUT2D eigenvalue weighted by Gasteiger charge is -2.31. The van der Waals surface area contributed by atoms with E-state index in [1.54, 1.807) is 11.1 Å². The number of hydrogen-bond acceptors (Lipinski definition) is 4. The maximum atomic E-state index is 12.8. The average Bonchev–Trinajstić information content (AvgIpc) is 2.80. The molecule has 1 N–H and O–H groups in total. The number of carbonyl (C=O) groups is 1. The predicted octanol–water partition coefficient (Wildman–Crippen LogP) is 5.19. The first kappa shape index (κ1) is 25.4. The summed E-state index contributed by atoms with van der Waals surface area (Å²) in [5, 5.41) is 4.67. The van der Waals surface area contributed by atoms with Gasteiger partial charge in [0.25, 0.3) is 0 Å². The Morgan fingerprint density at radius 2 is 2.00 bits per heavy atom. The van der Waals surface area contributed by atoms with Gasteiger partial charge in [0.2, 0.25) is 5.91 Å². The van der Waals surface area contributed by atoms with Gasteiger partial charge in [0.1, 0.15) is 11.7 Å². The molecule has 0 radical (unpaired) electrons. The summed E-state index contributed by atoms with van der Waals surface area (Å²) in [5.74, 6) is 0.726. The number of nitrogens with one attached hydrogen (secondary N) is 1. The van der Waals surface area contributed by atoms with Gasteiger partial charge in [-0.1, -0.05) is 25.3 Å². The van der Waals surface area contributed by atoms with Gasteiger partial charge < -0.3 is 15.1 Å². The summed E-state index contributed by atoms with van der Waals surface area (Å²) in [7, 11) is 1.88. The molecule has 0 bridgehead atoms. The zero-order valence-electron chi connectivity index (χ0n) is 19.5. The van der Waals surface area contributed by atoms with Gasteiger partial charge in [-0.3, -0.25) is 4.79 Å². The molecule has 0 saturated carbocycles. The largest absolute Gasteiger partial charge is 0.390 e. The van der Waals surface area contributed by atoms with Crippen LogP contribution in [-0.4, -0.2) is 59.4 Å². The van der Waals surface area contributed by atoms with E-state index in [1.165, 1.54) is 6.20 Å². The lowest BCUT2D eigenvalue weighted by Crippen LogP contribution is -2.39. The number of piperidine rings is 1. The molecule has 1 amide bonds. The number of halogens is 3. The Kier molecular flexibility index (Phi) is 8.09. The number of nitrogens with zero attached hydrogens (tertiary/aromatic N) is 4. The van der Waals surface area contributed by atoms with Gasteiger partial charge in [-0.2, -0.15) is 13.2 Å². The standard InChI is InChI=1S/C25H30F3N5O/c1-5-29-23(32(4)17(2)3)19-6-7-20-16-30-22(15-21(20)14-19)31-24(34)18-8-11-33(12-9-18)13-10-25(26,27)28/h5-7,14-16,18H,1-2,8-13H2,3-4H3,(H,30,31,34)/b29-23-. The number of amides is 1. The second-order valence-corrected chi connectivity index (χ2v) is 8.53. The Hall–Kier alpha value is -3.20. The second-order valence-electron chi connectivity index (χ2n) is 8.53. The van der Waals surface area contributed by atoms with Crippen LogP contribution in [0.1, 0.15) is 31.7 Å². The van der Waals surface area contributed by atoms with Gasteiger partial charge in [0.05, 0.1) is 6.42 Å². The zero-order chi connectivity index (χ0) is 24.9. The first-order valence-corrected chi connectivity index (χ1v) is 11.2. The fourth-order valence-electron chi connectivity index (χ4n) is 3.90. The number of alkyl halides is 3. The van der Waals surface area contributed by atoms with Gasteiger partial charge >= 0.3 is 6.18 Å². The van der Waals surface area contributed by atoms with Gasteiger partial charge in [-0.05, 0) is 50.4 Å². The summed E-state index contributed by atoms with van der Waals surface area (Å²) in [4.78, 5) is 25.1. The smallest absolute Gasteiger partial charge is 0.334 e. The Morgan fingerprint density at radius 3 is 2.62 bits per heavy atom. The third-order valence-electron chi connectivity index (χ3n) is 6.00. The van der Waals surface area contributed by atoms with Crippen LogP contribution in [0.15, 0.2) is 60.5 Å². The maximum Gasteiger partial charge on any atom is 0.390 e. The van der Waals surface area contributed by atoms with Crippen molar-refractivity contribution in [3.05, 3.63) is 61.1 Å². The van der Waals surface area contributed by atoms with Crippen LogP contribution in [0.3, 0.4) is 0 Å². The van der Waals surface area contributed by atoms with Crippen LogP contribution in [-0.2, 0) is 4.79 Å². The molecule has 0 spiro atoms. The summed E-state index contributed by atoms with van der Waals surface area (Å²) >= 11 is 0. The number of amidine groups is 1. The first-order valence-electron chi connectivity index (χ1n) is 11.2. The molecule has 2 heterocycles. The second kappa shape index (κ2) is 10.8. The Balaban J connectivity index is 1.68. The summed E-state index contributed by atoms with van der Waals surface area (Å²) < 4.78 is 37.3. The van der Waals surface area contributed by atoms with Crippen LogP contribution in [0.5, 0.6) is 0 Å². The van der Waals surface area contributed by atoms with E-state index in [0.717, 1.165) is 22.0 Å². The van der Waals surface area contributed by atoms with Crippen LogP contribution in [0, 0.1) is 5.92 Å². The topological polar surface area (TPSA) is 60.8 Å². The first-order chi connectivity index (χ1) is 16.1. The molecular weight excluding hydrogens is 443 g/mol. The summed E-state index contributed by atoms with van der Waals surface area (Å²) in [6.45, 7) is 10.5. The van der Waals surface area contributed by atoms with E-state index < -0.39 is 12.6 Å². The fraction of sp³-hybridized carbons (Fsp3) is 0.400. The van der Waals surface area contributed by atoms with Crippen LogP contribution in [0.2, 0.25) is 0 Å². The number of anilines is 1. The lowest BCUT2D eigenvalue weighted by molar-refractivity contribution is -0.139. The van der Waals surface area contributed by atoms with Crippen molar-refractivity contribution in [2.75, 3.05) is 32.0 Å². The van der Waals surface area contributed by atoms with Gasteiger partial charge in [-0.15, -0.1) is 0 Å². The number of fused-ring (bicyclic) bond motifs is 1. The molecule has 0 aliphatic carbocycles. The molecular formula is C25H30F3N5O. The zero-order valence-corrected chi connectivity index (χ0v) is 19.5. The van der Waals surface area contributed by atoms with Crippen molar-refractivity contribution in [2.45, 2.75) is 32.4 Å². The number of allylic oxidation sites excluding steroid dienone is 1. The molecule has 1 aromatic carbocycles. The van der Waals surface area contributed by atoms with E-state index in [9.17, 15) is 18.0 Å². The minimum absolute atomic E-state index is 0.0237. The minimum Gasteiger partial charge on any atom is -0.334 e. The van der Waals surface area contributed by atoms with Crippen LogP contribution in [0.4, 0.5) is 19.0 Å². The molecule has 1 aromatic heterocycles. The van der Waals surface area contributed by atoms with E-state index >= 15 is 0 Å². The highest BCUT2D eigenvalue weighted by Crippen LogP contribution is 2.25. The molecule has 9 heteroatoms. The van der Waals surface area contributed by atoms with Crippen molar-refractivity contribution in [1.82, 2.24) is 14.8 Å². The van der Waals surface area contributed by atoms with E-state index in [1.807, 2.05) is 43.1 Å². The highest BCUT2D eigenvalue weighted by atomic mass is 19.4. The van der Waals surface area contributed by atoms with E-state index in [0.29, 0.717) is 37.6 Å². The lowest BCUT2D eigenvalue weighted by atomic mass is 9.95. The minimum atomic E-state index is -4.16. The third-order valence-corrected chi connectivity index (χ3v) is 6.00. The molecule has 6 nitrogen and oxygen atoms in total. The quantitative estimate of drug-likeness (QED) is 0.444. The molecule has 182 valence electrons. The van der Waals surface area contributed by atoms with Gasteiger partial charge in [-0.25, -0.2) is 9.98 Å². The van der Waals surface area contributed by atoms with Crippen molar-refractivity contribution in [3.63, 3.8) is 0 Å². The normalized spacial score (nSPS) is 15.9. The summed E-state index contributed by atoms with van der Waals surface area (Å²) in [6, 6.07) is 7.65. The fourth-order valence-corrected chi connectivity index (χ4v) is 3.90. The van der Waals surface area contributed by atoms with Gasteiger partial charge in [0, 0.05) is 48.6 Å². The van der Waals surface area contributed by atoms with E-state index in [4.69, 9.17) is 0 Å². The van der Waals surface area contributed by atoms with Crippen molar-refractivity contribution < 1.29 is 18.0 Å². The van der Waals surface area contributed by atoms with Crippen LogP contribution < -0.4 is 5.32 Å². The SMILES string of the molecule is C=C/N=C(/c1ccc2cnc(NC(=O)C3CCN(CCC(F)(F)F)CC3)cc2c1)N(C)C(=C)C. The van der Waals surface area contributed by atoms with Crippen molar-refractivity contribution in [2.24, 2.45) is 10.9 Å². The third kappa shape index (κ3) is 6.66. The molecule has 0 unspecified atom stereocenters. The van der Waals surface area contributed by atoms with Crippen molar-refractivity contribution in [3.8, 4) is 0 Å². The molecule has 34 heavy (non-hydrogen) atoms. The molecule has 2 aromatic rings. The number of carbonyl (C=O) groups excluding carboxylic acids is 1. The molecule has 1 saturated heterocycles. The number of aromatic nitrogens is 1. The highest BCUT2D eigenvalue weighted by Gasteiger charge is 2.30. The monoisotopic (exact) mass is 473 g/mol. The van der Waals surface area contributed by atoms with Crippen LogP contribution >= 0.6 is 0 Å². The molecule has 1 aliphatic rings. The molecule has 1 aliphatic heterocycles. The number of hydrogen-bond donors (Lipinski definition) is 1. The Morgan fingerprint density at radius 1 is 1.29 bits per heavy atom. The molecule has 3 rings (SSSR count).